The van der Waals surface area contributed by atoms with Crippen molar-refractivity contribution in [2.45, 2.75) is 12.5 Å². The number of rotatable bonds is 2. The van der Waals surface area contributed by atoms with E-state index in [0.29, 0.717) is 12.0 Å². The van der Waals surface area contributed by atoms with Crippen LogP contribution in [0.4, 0.5) is 0 Å². The summed E-state index contributed by atoms with van der Waals surface area (Å²) in [6, 6.07) is 5.29. The van der Waals surface area contributed by atoms with Crippen molar-refractivity contribution in [2.75, 3.05) is 6.61 Å². The maximum absolute atomic E-state index is 10.5. The molecule has 13 heavy (non-hydrogen) atoms. The Balaban J connectivity index is 2.30. The molecule has 1 N–H and O–H groups in total. The van der Waals surface area contributed by atoms with Crippen LogP contribution in [0.5, 0.6) is 5.75 Å². The molecule has 0 radical (unpaired) electrons. The van der Waals surface area contributed by atoms with E-state index in [0.717, 1.165) is 17.6 Å². The Hall–Kier alpha value is -1.35. The molecule has 0 aromatic heterocycles. The Morgan fingerprint density at radius 3 is 3.15 bits per heavy atom. The SMILES string of the molecule is O=Cc1ccc2c(c1)CC(CO)O2. The fraction of sp³-hybridized carbons (Fsp3) is 0.300. The van der Waals surface area contributed by atoms with Crippen LogP contribution < -0.4 is 4.74 Å². The van der Waals surface area contributed by atoms with Crippen LogP contribution in [-0.2, 0) is 6.42 Å². The van der Waals surface area contributed by atoms with Crippen molar-refractivity contribution in [1.82, 2.24) is 0 Å². The fourth-order valence-electron chi connectivity index (χ4n) is 1.52. The van der Waals surface area contributed by atoms with Crippen LogP contribution >= 0.6 is 0 Å². The first-order valence-electron chi connectivity index (χ1n) is 4.19. The van der Waals surface area contributed by atoms with Crippen molar-refractivity contribution in [2.24, 2.45) is 0 Å². The summed E-state index contributed by atoms with van der Waals surface area (Å²) in [5, 5.41) is 8.87. The number of aldehydes is 1. The standard InChI is InChI=1S/C10H10O3/c11-5-7-1-2-10-8(3-7)4-9(6-12)13-10/h1-3,5,9,12H,4,6H2. The van der Waals surface area contributed by atoms with Gasteiger partial charge in [0.25, 0.3) is 0 Å². The normalized spacial score (nSPS) is 19.3. The number of hydrogen-bond acceptors (Lipinski definition) is 3. The average Bonchev–Trinajstić information content (AvgIpc) is 2.58. The minimum Gasteiger partial charge on any atom is -0.487 e. The van der Waals surface area contributed by atoms with Crippen LogP contribution in [0.15, 0.2) is 18.2 Å². The molecule has 1 aromatic carbocycles. The zero-order valence-corrected chi connectivity index (χ0v) is 7.06. The van der Waals surface area contributed by atoms with Gasteiger partial charge in [0.1, 0.15) is 18.1 Å². The Morgan fingerprint density at radius 1 is 1.62 bits per heavy atom. The van der Waals surface area contributed by atoms with Gasteiger partial charge in [0, 0.05) is 12.0 Å². The first-order chi connectivity index (χ1) is 6.33. The van der Waals surface area contributed by atoms with Crippen molar-refractivity contribution < 1.29 is 14.6 Å². The van der Waals surface area contributed by atoms with E-state index < -0.39 is 0 Å². The molecule has 0 spiro atoms. The van der Waals surface area contributed by atoms with Gasteiger partial charge in [-0.15, -0.1) is 0 Å². The number of fused-ring (bicyclic) bond motifs is 1. The Bertz CT molecular complexity index is 333. The zero-order chi connectivity index (χ0) is 9.26. The molecule has 0 amide bonds. The minimum atomic E-state index is -0.142. The summed E-state index contributed by atoms with van der Waals surface area (Å²) in [5.74, 6) is 0.782. The van der Waals surface area contributed by atoms with E-state index in [2.05, 4.69) is 0 Å². The Kier molecular flexibility index (Phi) is 2.02. The summed E-state index contributed by atoms with van der Waals surface area (Å²) >= 11 is 0. The maximum atomic E-state index is 10.5. The van der Waals surface area contributed by atoms with E-state index in [9.17, 15) is 4.79 Å². The van der Waals surface area contributed by atoms with Gasteiger partial charge < -0.3 is 9.84 Å². The van der Waals surface area contributed by atoms with Crippen molar-refractivity contribution in [1.29, 1.82) is 0 Å². The average molecular weight is 178 g/mol. The first kappa shape index (κ1) is 8.26. The molecule has 0 aliphatic carbocycles. The van der Waals surface area contributed by atoms with E-state index in [1.165, 1.54) is 0 Å². The first-order valence-corrected chi connectivity index (χ1v) is 4.19. The lowest BCUT2D eigenvalue weighted by molar-refractivity contribution is 0.112. The molecule has 1 aliphatic heterocycles. The van der Waals surface area contributed by atoms with Gasteiger partial charge in [-0.3, -0.25) is 4.79 Å². The summed E-state index contributed by atoms with van der Waals surface area (Å²) in [7, 11) is 0. The number of hydrogen-bond donors (Lipinski definition) is 1. The molecular weight excluding hydrogens is 168 g/mol. The smallest absolute Gasteiger partial charge is 0.150 e. The van der Waals surface area contributed by atoms with Gasteiger partial charge >= 0.3 is 0 Å². The molecular formula is C10H10O3. The highest BCUT2D eigenvalue weighted by atomic mass is 16.5. The monoisotopic (exact) mass is 178 g/mol. The van der Waals surface area contributed by atoms with Crippen LogP contribution in [0.3, 0.4) is 0 Å². The number of aliphatic hydroxyl groups excluding tert-OH is 1. The predicted molar refractivity (Wildman–Crippen MR) is 47.0 cm³/mol. The minimum absolute atomic E-state index is 0.0190. The Labute approximate surface area is 76.0 Å². The number of ether oxygens (including phenoxy) is 1. The number of benzene rings is 1. The van der Waals surface area contributed by atoms with Crippen molar-refractivity contribution in [3.05, 3.63) is 29.3 Å². The van der Waals surface area contributed by atoms with Crippen LogP contribution in [-0.4, -0.2) is 24.1 Å². The van der Waals surface area contributed by atoms with Crippen LogP contribution in [0, 0.1) is 0 Å². The summed E-state index contributed by atoms with van der Waals surface area (Å²) in [6.07, 6.45) is 1.36. The lowest BCUT2D eigenvalue weighted by Gasteiger charge is -2.04. The van der Waals surface area contributed by atoms with Gasteiger partial charge in [-0.2, -0.15) is 0 Å². The van der Waals surface area contributed by atoms with Crippen molar-refractivity contribution in [3.63, 3.8) is 0 Å². The Morgan fingerprint density at radius 2 is 2.46 bits per heavy atom. The van der Waals surface area contributed by atoms with E-state index in [1.807, 2.05) is 0 Å². The van der Waals surface area contributed by atoms with Gasteiger partial charge in [0.2, 0.25) is 0 Å². The summed E-state index contributed by atoms with van der Waals surface area (Å²) < 4.78 is 5.39. The number of aliphatic hydroxyl groups is 1. The molecule has 1 aromatic rings. The topological polar surface area (TPSA) is 46.5 Å². The highest BCUT2D eigenvalue weighted by molar-refractivity contribution is 5.75. The second-order valence-corrected chi connectivity index (χ2v) is 3.11. The largest absolute Gasteiger partial charge is 0.487 e. The number of carbonyl (C=O) groups is 1. The third-order valence-corrected chi connectivity index (χ3v) is 2.17. The second kappa shape index (κ2) is 3.18. The van der Waals surface area contributed by atoms with Crippen molar-refractivity contribution in [3.8, 4) is 5.75 Å². The van der Waals surface area contributed by atoms with E-state index in [1.54, 1.807) is 18.2 Å². The highest BCUT2D eigenvalue weighted by Crippen LogP contribution is 2.28. The molecule has 0 bridgehead atoms. The summed E-state index contributed by atoms with van der Waals surface area (Å²) in [6.45, 7) is 0.0190. The lowest BCUT2D eigenvalue weighted by Crippen LogP contribution is -2.17. The van der Waals surface area contributed by atoms with E-state index >= 15 is 0 Å². The quantitative estimate of drug-likeness (QED) is 0.681. The molecule has 3 heteroatoms. The summed E-state index contributed by atoms with van der Waals surface area (Å²) in [5.41, 5.74) is 1.66. The maximum Gasteiger partial charge on any atom is 0.150 e. The van der Waals surface area contributed by atoms with Gasteiger partial charge in [-0.05, 0) is 23.8 Å². The van der Waals surface area contributed by atoms with Crippen LogP contribution in [0.1, 0.15) is 15.9 Å². The lowest BCUT2D eigenvalue weighted by atomic mass is 10.1. The zero-order valence-electron chi connectivity index (χ0n) is 7.06. The fourth-order valence-corrected chi connectivity index (χ4v) is 1.52. The molecule has 1 heterocycles. The van der Waals surface area contributed by atoms with Crippen LogP contribution in [0.2, 0.25) is 0 Å². The van der Waals surface area contributed by atoms with Crippen molar-refractivity contribution >= 4 is 6.29 Å². The summed E-state index contributed by atoms with van der Waals surface area (Å²) in [4.78, 5) is 10.5. The third-order valence-electron chi connectivity index (χ3n) is 2.17. The van der Waals surface area contributed by atoms with Gasteiger partial charge in [0.15, 0.2) is 0 Å². The van der Waals surface area contributed by atoms with Crippen LogP contribution in [0.25, 0.3) is 0 Å². The van der Waals surface area contributed by atoms with E-state index in [-0.39, 0.29) is 12.7 Å². The molecule has 0 saturated heterocycles. The molecule has 1 aliphatic rings. The third kappa shape index (κ3) is 1.42. The molecule has 3 nitrogen and oxygen atoms in total. The highest BCUT2D eigenvalue weighted by Gasteiger charge is 2.21. The van der Waals surface area contributed by atoms with Gasteiger partial charge in [0.05, 0.1) is 6.61 Å². The predicted octanol–water partition coefficient (Wildman–Crippen LogP) is 0.795. The van der Waals surface area contributed by atoms with Gasteiger partial charge in [-0.1, -0.05) is 0 Å². The molecule has 68 valence electrons. The molecule has 1 atom stereocenters. The van der Waals surface area contributed by atoms with Gasteiger partial charge in [-0.25, -0.2) is 0 Å². The van der Waals surface area contributed by atoms with E-state index in [4.69, 9.17) is 9.84 Å². The molecule has 0 fully saturated rings. The number of carbonyl (C=O) groups excluding carboxylic acids is 1. The molecule has 2 rings (SSSR count). The molecule has 1 unspecified atom stereocenters. The second-order valence-electron chi connectivity index (χ2n) is 3.11. The molecule has 0 saturated carbocycles.